The third-order valence-electron chi connectivity index (χ3n) is 2.44. The number of anilines is 1. The van der Waals surface area contributed by atoms with Crippen molar-refractivity contribution in [2.45, 2.75) is 6.54 Å². The van der Waals surface area contributed by atoms with Crippen LogP contribution in [0.5, 0.6) is 0 Å². The van der Waals surface area contributed by atoms with Crippen LogP contribution in [0, 0.1) is 0 Å². The molecule has 0 aliphatic rings. The lowest BCUT2D eigenvalue weighted by molar-refractivity contribution is 0.112. The average Bonchev–Trinajstić information content (AvgIpc) is 2.40. The van der Waals surface area contributed by atoms with Gasteiger partial charge in [-0.25, -0.2) is 4.98 Å². The van der Waals surface area contributed by atoms with Crippen molar-refractivity contribution in [1.29, 1.82) is 0 Å². The molecule has 2 rings (SSSR count). The van der Waals surface area contributed by atoms with Crippen LogP contribution in [0.3, 0.4) is 0 Å². The molecule has 0 aromatic carbocycles. The fourth-order valence-electron chi connectivity index (χ4n) is 1.54. The SMILES string of the molecule is CN(Cc1cccnc1)c1ccc(C=O)cn1. The number of hydrogen-bond donors (Lipinski definition) is 0. The van der Waals surface area contributed by atoms with E-state index in [-0.39, 0.29) is 0 Å². The first-order valence-electron chi connectivity index (χ1n) is 5.31. The van der Waals surface area contributed by atoms with Gasteiger partial charge in [-0.15, -0.1) is 0 Å². The van der Waals surface area contributed by atoms with Crippen LogP contribution >= 0.6 is 0 Å². The molecule has 0 N–H and O–H groups in total. The smallest absolute Gasteiger partial charge is 0.151 e. The number of nitrogens with zero attached hydrogens (tertiary/aromatic N) is 3. The first-order valence-corrected chi connectivity index (χ1v) is 5.31. The van der Waals surface area contributed by atoms with Crippen LogP contribution in [0.15, 0.2) is 42.9 Å². The molecule has 0 fully saturated rings. The minimum Gasteiger partial charge on any atom is -0.355 e. The summed E-state index contributed by atoms with van der Waals surface area (Å²) in [4.78, 5) is 20.8. The second-order valence-electron chi connectivity index (χ2n) is 3.78. The van der Waals surface area contributed by atoms with Gasteiger partial charge in [0.25, 0.3) is 0 Å². The highest BCUT2D eigenvalue weighted by molar-refractivity contribution is 5.74. The Morgan fingerprint density at radius 2 is 2.18 bits per heavy atom. The molecule has 4 nitrogen and oxygen atoms in total. The highest BCUT2D eigenvalue weighted by Crippen LogP contribution is 2.11. The number of pyridine rings is 2. The van der Waals surface area contributed by atoms with E-state index in [0.717, 1.165) is 24.2 Å². The van der Waals surface area contributed by atoms with Crippen molar-refractivity contribution in [3.63, 3.8) is 0 Å². The molecule has 4 heteroatoms. The van der Waals surface area contributed by atoms with Crippen molar-refractivity contribution in [3.8, 4) is 0 Å². The third kappa shape index (κ3) is 2.87. The molecular formula is C13H13N3O. The maximum Gasteiger partial charge on any atom is 0.151 e. The van der Waals surface area contributed by atoms with Crippen molar-refractivity contribution in [1.82, 2.24) is 9.97 Å². The molecule has 0 saturated heterocycles. The topological polar surface area (TPSA) is 46.1 Å². The summed E-state index contributed by atoms with van der Waals surface area (Å²) in [5, 5.41) is 0. The van der Waals surface area contributed by atoms with Gasteiger partial charge in [-0.05, 0) is 23.8 Å². The van der Waals surface area contributed by atoms with Gasteiger partial charge in [-0.3, -0.25) is 9.78 Å². The average molecular weight is 227 g/mol. The van der Waals surface area contributed by atoms with Gasteiger partial charge in [-0.1, -0.05) is 6.07 Å². The van der Waals surface area contributed by atoms with E-state index in [4.69, 9.17) is 0 Å². The Bertz CT molecular complexity index is 482. The molecule has 0 spiro atoms. The highest BCUT2D eigenvalue weighted by atomic mass is 16.1. The summed E-state index contributed by atoms with van der Waals surface area (Å²) in [7, 11) is 1.95. The molecule has 0 saturated carbocycles. The van der Waals surface area contributed by atoms with Gasteiger partial charge in [-0.2, -0.15) is 0 Å². The fourth-order valence-corrected chi connectivity index (χ4v) is 1.54. The maximum absolute atomic E-state index is 10.5. The summed E-state index contributed by atoms with van der Waals surface area (Å²) in [6.45, 7) is 0.737. The van der Waals surface area contributed by atoms with Crippen LogP contribution in [0.25, 0.3) is 0 Å². The molecule has 0 aliphatic heterocycles. The zero-order chi connectivity index (χ0) is 12.1. The number of hydrogen-bond acceptors (Lipinski definition) is 4. The van der Waals surface area contributed by atoms with E-state index in [0.29, 0.717) is 5.56 Å². The van der Waals surface area contributed by atoms with E-state index in [1.54, 1.807) is 18.5 Å². The molecule has 0 unspecified atom stereocenters. The molecule has 0 radical (unpaired) electrons. The van der Waals surface area contributed by atoms with E-state index >= 15 is 0 Å². The Morgan fingerprint density at radius 3 is 2.76 bits per heavy atom. The van der Waals surface area contributed by atoms with Crippen LogP contribution in [0.2, 0.25) is 0 Å². The van der Waals surface area contributed by atoms with Crippen molar-refractivity contribution in [2.24, 2.45) is 0 Å². The minimum absolute atomic E-state index is 0.587. The third-order valence-corrected chi connectivity index (χ3v) is 2.44. The van der Waals surface area contributed by atoms with E-state index in [9.17, 15) is 4.79 Å². The van der Waals surface area contributed by atoms with Gasteiger partial charge in [0.2, 0.25) is 0 Å². The number of aldehydes is 1. The van der Waals surface area contributed by atoms with Crippen LogP contribution < -0.4 is 4.90 Å². The van der Waals surface area contributed by atoms with Gasteiger partial charge < -0.3 is 4.90 Å². The minimum atomic E-state index is 0.587. The van der Waals surface area contributed by atoms with Crippen LogP contribution in [0.4, 0.5) is 5.82 Å². The Kier molecular flexibility index (Phi) is 3.45. The van der Waals surface area contributed by atoms with Gasteiger partial charge in [0.1, 0.15) is 5.82 Å². The monoisotopic (exact) mass is 227 g/mol. The summed E-state index contributed by atoms with van der Waals surface area (Å²) in [5.74, 6) is 0.833. The van der Waals surface area contributed by atoms with E-state index in [1.165, 1.54) is 0 Å². The lowest BCUT2D eigenvalue weighted by atomic mass is 10.2. The first-order chi connectivity index (χ1) is 8.29. The van der Waals surface area contributed by atoms with Crippen LogP contribution in [-0.2, 0) is 6.54 Å². The molecular weight excluding hydrogens is 214 g/mol. The van der Waals surface area contributed by atoms with Crippen molar-refractivity contribution in [2.75, 3.05) is 11.9 Å². The zero-order valence-electron chi connectivity index (χ0n) is 9.58. The second kappa shape index (κ2) is 5.21. The molecule has 0 aliphatic carbocycles. The van der Waals surface area contributed by atoms with E-state index in [2.05, 4.69) is 9.97 Å². The molecule has 0 bridgehead atoms. The van der Waals surface area contributed by atoms with Crippen LogP contribution in [-0.4, -0.2) is 23.3 Å². The summed E-state index contributed by atoms with van der Waals surface area (Å²) in [5.41, 5.74) is 1.71. The molecule has 2 heterocycles. The lowest BCUT2D eigenvalue weighted by Crippen LogP contribution is -2.17. The summed E-state index contributed by atoms with van der Waals surface area (Å²) >= 11 is 0. The first kappa shape index (κ1) is 11.3. The van der Waals surface area contributed by atoms with Crippen molar-refractivity contribution >= 4 is 12.1 Å². The number of carbonyl (C=O) groups excluding carboxylic acids is 1. The molecule has 0 atom stereocenters. The Hall–Kier alpha value is -2.23. The predicted octanol–water partition coefficient (Wildman–Crippen LogP) is 1.93. The summed E-state index contributed by atoms with van der Waals surface area (Å²) in [6, 6.07) is 7.52. The quantitative estimate of drug-likeness (QED) is 0.749. The largest absolute Gasteiger partial charge is 0.355 e. The van der Waals surface area contributed by atoms with Crippen molar-refractivity contribution in [3.05, 3.63) is 54.0 Å². The number of aromatic nitrogens is 2. The predicted molar refractivity (Wildman–Crippen MR) is 66.0 cm³/mol. The number of rotatable bonds is 4. The fraction of sp³-hybridized carbons (Fsp3) is 0.154. The van der Waals surface area contributed by atoms with Gasteiger partial charge in [0.05, 0.1) is 0 Å². The lowest BCUT2D eigenvalue weighted by Gasteiger charge is -2.17. The molecule has 17 heavy (non-hydrogen) atoms. The Balaban J connectivity index is 2.09. The normalized spacial score (nSPS) is 9.94. The molecule has 86 valence electrons. The second-order valence-corrected chi connectivity index (χ2v) is 3.78. The molecule has 0 amide bonds. The standard InChI is InChI=1S/C13H13N3O/c1-16(9-11-3-2-6-14-7-11)13-5-4-12(10-17)8-15-13/h2-8,10H,9H2,1H3. The Labute approximate surface area is 99.9 Å². The van der Waals surface area contributed by atoms with Crippen LogP contribution in [0.1, 0.15) is 15.9 Å². The summed E-state index contributed by atoms with van der Waals surface area (Å²) in [6.07, 6.45) is 5.94. The van der Waals surface area contributed by atoms with Gasteiger partial charge >= 0.3 is 0 Å². The highest BCUT2D eigenvalue weighted by Gasteiger charge is 2.03. The zero-order valence-corrected chi connectivity index (χ0v) is 9.58. The number of carbonyl (C=O) groups is 1. The van der Waals surface area contributed by atoms with Gasteiger partial charge in [0.15, 0.2) is 6.29 Å². The van der Waals surface area contributed by atoms with E-state index in [1.807, 2.05) is 36.3 Å². The maximum atomic E-state index is 10.5. The van der Waals surface area contributed by atoms with Gasteiger partial charge in [0, 0.05) is 37.7 Å². The summed E-state index contributed by atoms with van der Waals surface area (Å²) < 4.78 is 0. The van der Waals surface area contributed by atoms with E-state index < -0.39 is 0 Å². The Morgan fingerprint density at radius 1 is 1.29 bits per heavy atom. The van der Waals surface area contributed by atoms with Crippen molar-refractivity contribution < 1.29 is 4.79 Å². The molecule has 2 aromatic rings. The molecule has 2 aromatic heterocycles.